The first-order chi connectivity index (χ1) is 6.81. The maximum absolute atomic E-state index is 10.9. The topological polar surface area (TPSA) is 58.6 Å². The van der Waals surface area contributed by atoms with Gasteiger partial charge in [-0.2, -0.15) is 11.8 Å². The van der Waals surface area contributed by atoms with Crippen LogP contribution in [0, 0.1) is 0 Å². The van der Waals surface area contributed by atoms with Crippen molar-refractivity contribution in [3.8, 4) is 0 Å². The van der Waals surface area contributed by atoms with Crippen molar-refractivity contribution in [1.29, 1.82) is 0 Å². The largest absolute Gasteiger partial charge is 0.449 e. The highest BCUT2D eigenvalue weighted by atomic mass is 32.2. The minimum atomic E-state index is -0.365. The van der Waals surface area contributed by atoms with Crippen molar-refractivity contribution in [3.05, 3.63) is 0 Å². The number of carbonyl (C=O) groups excluding carboxylic acids is 1. The van der Waals surface area contributed by atoms with Crippen LogP contribution in [0.3, 0.4) is 0 Å². The zero-order valence-corrected chi connectivity index (χ0v) is 9.96. The van der Waals surface area contributed by atoms with Crippen LogP contribution in [-0.4, -0.2) is 47.5 Å². The fourth-order valence-corrected chi connectivity index (χ4v) is 1.58. The summed E-state index contributed by atoms with van der Waals surface area (Å²) in [6.45, 7) is 2.60. The molecule has 0 saturated heterocycles. The first-order valence-corrected chi connectivity index (χ1v) is 6.79. The minimum absolute atomic E-state index is 0.171. The van der Waals surface area contributed by atoms with E-state index in [1.165, 1.54) is 0 Å². The molecule has 14 heavy (non-hydrogen) atoms. The highest BCUT2D eigenvalue weighted by Gasteiger charge is 1.99. The molecule has 0 saturated carbocycles. The summed E-state index contributed by atoms with van der Waals surface area (Å²) in [5.41, 5.74) is 0. The predicted molar refractivity (Wildman–Crippen MR) is 61.9 cm³/mol. The lowest BCUT2D eigenvalue weighted by atomic mass is 10.8. The van der Waals surface area contributed by atoms with Gasteiger partial charge in [0, 0.05) is 11.5 Å². The van der Waals surface area contributed by atoms with Gasteiger partial charge < -0.3 is 15.2 Å². The van der Waals surface area contributed by atoms with Crippen LogP contribution in [0.1, 0.15) is 6.92 Å². The van der Waals surface area contributed by atoms with Crippen LogP contribution in [0.5, 0.6) is 0 Å². The number of aliphatic hydroxyl groups is 1. The number of aliphatic hydroxyl groups excluding tert-OH is 1. The van der Waals surface area contributed by atoms with Crippen molar-refractivity contribution in [1.82, 2.24) is 5.32 Å². The molecular formula is C8H17NO3S2. The Hall–Kier alpha value is -0.0700. The van der Waals surface area contributed by atoms with Gasteiger partial charge in [0.25, 0.3) is 0 Å². The number of alkyl carbamates (subject to hydrolysis) is 1. The second kappa shape index (κ2) is 11.0. The summed E-state index contributed by atoms with van der Waals surface area (Å²) in [6.07, 6.45) is -0.365. The van der Waals surface area contributed by atoms with E-state index in [9.17, 15) is 4.79 Å². The van der Waals surface area contributed by atoms with Gasteiger partial charge in [-0.15, -0.1) is 11.8 Å². The van der Waals surface area contributed by atoms with Crippen LogP contribution in [0.15, 0.2) is 0 Å². The van der Waals surface area contributed by atoms with E-state index in [4.69, 9.17) is 9.84 Å². The Morgan fingerprint density at radius 2 is 2.21 bits per heavy atom. The number of thioether (sulfide) groups is 2. The van der Waals surface area contributed by atoms with Gasteiger partial charge in [0.05, 0.1) is 12.5 Å². The summed E-state index contributed by atoms with van der Waals surface area (Å²) in [7, 11) is 0. The van der Waals surface area contributed by atoms with Gasteiger partial charge >= 0.3 is 6.09 Å². The third-order valence-electron chi connectivity index (χ3n) is 1.22. The third-order valence-corrected chi connectivity index (χ3v) is 2.90. The summed E-state index contributed by atoms with van der Waals surface area (Å²) >= 11 is 3.20. The zero-order valence-electron chi connectivity index (χ0n) is 8.32. The lowest BCUT2D eigenvalue weighted by Crippen LogP contribution is -2.24. The smallest absolute Gasteiger partial charge is 0.407 e. The fourth-order valence-electron chi connectivity index (χ4n) is 0.623. The normalized spacial score (nSPS) is 9.86. The third kappa shape index (κ3) is 10.0. The van der Waals surface area contributed by atoms with E-state index in [1.54, 1.807) is 23.5 Å². The van der Waals surface area contributed by atoms with Gasteiger partial charge in [-0.25, -0.2) is 4.79 Å². The molecule has 0 aromatic heterocycles. The van der Waals surface area contributed by atoms with E-state index >= 15 is 0 Å². The summed E-state index contributed by atoms with van der Waals surface area (Å²) in [4.78, 5) is 10.9. The molecule has 2 N–H and O–H groups in total. The average molecular weight is 239 g/mol. The number of carbonyl (C=O) groups is 1. The number of hydrogen-bond acceptors (Lipinski definition) is 5. The van der Waals surface area contributed by atoms with Gasteiger partial charge in [0.1, 0.15) is 6.61 Å². The molecule has 0 unspecified atom stereocenters. The molecule has 6 heteroatoms. The molecule has 0 heterocycles. The Bertz CT molecular complexity index is 147. The average Bonchev–Trinajstić information content (AvgIpc) is 2.18. The summed E-state index contributed by atoms with van der Waals surface area (Å²) in [5, 5.41) is 11.1. The molecule has 0 aromatic carbocycles. The monoisotopic (exact) mass is 239 g/mol. The molecule has 0 aliphatic heterocycles. The first kappa shape index (κ1) is 13.9. The van der Waals surface area contributed by atoms with Crippen molar-refractivity contribution < 1.29 is 14.6 Å². The summed E-state index contributed by atoms with van der Waals surface area (Å²) < 4.78 is 4.87. The number of ether oxygens (including phenoxy) is 1. The number of nitrogens with one attached hydrogen (secondary N) is 1. The van der Waals surface area contributed by atoms with Crippen molar-refractivity contribution in [2.24, 2.45) is 0 Å². The maximum atomic E-state index is 10.9. The van der Waals surface area contributed by atoms with E-state index in [0.29, 0.717) is 18.2 Å². The van der Waals surface area contributed by atoms with Crippen molar-refractivity contribution in [2.45, 2.75) is 6.92 Å². The van der Waals surface area contributed by atoms with E-state index in [1.807, 2.05) is 6.92 Å². The summed E-state index contributed by atoms with van der Waals surface area (Å²) in [6, 6.07) is 0. The number of hydrogen-bond donors (Lipinski definition) is 2. The molecular weight excluding hydrogens is 222 g/mol. The van der Waals surface area contributed by atoms with Crippen LogP contribution in [0.4, 0.5) is 4.79 Å². The first-order valence-electron chi connectivity index (χ1n) is 4.48. The van der Waals surface area contributed by atoms with Gasteiger partial charge in [0.2, 0.25) is 0 Å². The number of amides is 1. The van der Waals surface area contributed by atoms with Gasteiger partial charge in [-0.1, -0.05) is 6.92 Å². The van der Waals surface area contributed by atoms with Crippen LogP contribution < -0.4 is 5.32 Å². The summed E-state index contributed by atoms with van der Waals surface area (Å²) in [5.74, 6) is 3.00. The molecule has 0 rings (SSSR count). The molecule has 4 nitrogen and oxygen atoms in total. The van der Waals surface area contributed by atoms with Crippen LogP contribution >= 0.6 is 23.5 Å². The standard InChI is InChI=1S/C8H17NO3S2/c1-2-13-7-9-8(11)12-4-6-14-5-3-10/h10H,2-7H2,1H3,(H,9,11). The molecule has 84 valence electrons. The highest BCUT2D eigenvalue weighted by molar-refractivity contribution is 7.99. The SMILES string of the molecule is CCSCNC(=O)OCCSCCO. The molecule has 0 aliphatic carbocycles. The van der Waals surface area contributed by atoms with Gasteiger partial charge in [-0.05, 0) is 5.75 Å². The molecule has 0 bridgehead atoms. The molecule has 0 aromatic rings. The second-order valence-corrected chi connectivity index (χ2v) is 4.78. The molecule has 0 spiro atoms. The number of rotatable bonds is 8. The Morgan fingerprint density at radius 3 is 2.86 bits per heavy atom. The maximum Gasteiger partial charge on any atom is 0.407 e. The van der Waals surface area contributed by atoms with Gasteiger partial charge in [-0.3, -0.25) is 0 Å². The molecule has 0 aliphatic rings. The Morgan fingerprint density at radius 1 is 1.43 bits per heavy atom. The van der Waals surface area contributed by atoms with Crippen LogP contribution in [0.25, 0.3) is 0 Å². The zero-order chi connectivity index (χ0) is 10.6. The minimum Gasteiger partial charge on any atom is -0.449 e. The van der Waals surface area contributed by atoms with E-state index in [0.717, 1.165) is 11.5 Å². The van der Waals surface area contributed by atoms with E-state index < -0.39 is 0 Å². The Balaban J connectivity index is 3.10. The molecule has 0 atom stereocenters. The van der Waals surface area contributed by atoms with Crippen molar-refractivity contribution in [3.63, 3.8) is 0 Å². The van der Waals surface area contributed by atoms with Crippen LogP contribution in [0.2, 0.25) is 0 Å². The van der Waals surface area contributed by atoms with Gasteiger partial charge in [0.15, 0.2) is 0 Å². The predicted octanol–water partition coefficient (Wildman–Crippen LogP) is 1.15. The highest BCUT2D eigenvalue weighted by Crippen LogP contribution is 1.98. The molecule has 0 radical (unpaired) electrons. The lowest BCUT2D eigenvalue weighted by Gasteiger charge is -2.05. The van der Waals surface area contributed by atoms with E-state index in [2.05, 4.69) is 5.32 Å². The Labute approximate surface area is 93.2 Å². The van der Waals surface area contributed by atoms with Crippen LogP contribution in [-0.2, 0) is 4.74 Å². The van der Waals surface area contributed by atoms with E-state index in [-0.39, 0.29) is 12.7 Å². The van der Waals surface area contributed by atoms with Crippen molar-refractivity contribution in [2.75, 3.05) is 36.3 Å². The second-order valence-electron chi connectivity index (χ2n) is 2.29. The lowest BCUT2D eigenvalue weighted by molar-refractivity contribution is 0.155. The molecule has 1 amide bonds. The quantitative estimate of drug-likeness (QED) is 0.491. The molecule has 0 fully saturated rings. The Kier molecular flexibility index (Phi) is 11.0. The fraction of sp³-hybridized carbons (Fsp3) is 0.875. The van der Waals surface area contributed by atoms with Crippen molar-refractivity contribution >= 4 is 29.6 Å².